The van der Waals surface area contributed by atoms with Gasteiger partial charge in [-0.25, -0.2) is 0 Å². The van der Waals surface area contributed by atoms with E-state index in [-0.39, 0.29) is 10.6 Å². The zero-order valence-corrected chi connectivity index (χ0v) is 12.6. The average Bonchev–Trinajstić information content (AvgIpc) is 3.09. The first-order chi connectivity index (χ1) is 11.7. The highest BCUT2D eigenvalue weighted by Gasteiger charge is 2.10. The van der Waals surface area contributed by atoms with Crippen molar-refractivity contribution < 1.29 is 4.92 Å². The molecule has 3 aromatic carbocycles. The number of nitrogens with zero attached hydrogens (tertiary/aromatic N) is 2. The summed E-state index contributed by atoms with van der Waals surface area (Å²) in [5.74, 6) is 0. The highest BCUT2D eigenvalue weighted by molar-refractivity contribution is 5.89. The molecule has 0 fully saturated rings. The molecule has 4 rings (SSSR count). The molecular weight excluding hydrogens is 302 g/mol. The second kappa shape index (κ2) is 5.62. The largest absolute Gasteiger partial charge is 0.278 e. The molecule has 0 unspecified atom stereocenters. The van der Waals surface area contributed by atoms with E-state index < -0.39 is 0 Å². The van der Waals surface area contributed by atoms with Gasteiger partial charge in [0, 0.05) is 17.5 Å². The molecule has 0 aliphatic carbocycles. The van der Waals surface area contributed by atoms with E-state index in [9.17, 15) is 10.1 Å². The van der Waals surface area contributed by atoms with Crippen molar-refractivity contribution in [3.63, 3.8) is 0 Å². The quantitative estimate of drug-likeness (QED) is 0.436. The smallest absolute Gasteiger partial charge is 0.269 e. The molecule has 0 atom stereocenters. The Morgan fingerprint density at radius 2 is 1.54 bits per heavy atom. The van der Waals surface area contributed by atoms with Gasteiger partial charge in [-0.3, -0.25) is 15.2 Å². The van der Waals surface area contributed by atoms with E-state index in [2.05, 4.69) is 22.3 Å². The maximum Gasteiger partial charge on any atom is 0.269 e. The van der Waals surface area contributed by atoms with Crippen molar-refractivity contribution in [2.75, 3.05) is 0 Å². The number of non-ortho nitro benzene ring substituents is 1. The molecule has 0 saturated carbocycles. The van der Waals surface area contributed by atoms with Crippen LogP contribution < -0.4 is 0 Å². The van der Waals surface area contributed by atoms with Crippen LogP contribution in [-0.4, -0.2) is 15.1 Å². The Balaban J connectivity index is 1.84. The van der Waals surface area contributed by atoms with Crippen LogP contribution in [0, 0.1) is 10.1 Å². The Kier molecular flexibility index (Phi) is 3.31. The van der Waals surface area contributed by atoms with E-state index in [1.807, 2.05) is 30.3 Å². The second-order valence-electron chi connectivity index (χ2n) is 5.52. The van der Waals surface area contributed by atoms with Gasteiger partial charge in [0.1, 0.15) is 0 Å². The Hall–Kier alpha value is -3.47. The Bertz CT molecular complexity index is 1040. The molecule has 5 nitrogen and oxygen atoms in total. The van der Waals surface area contributed by atoms with E-state index in [0.717, 1.165) is 33.2 Å². The number of aromatic nitrogens is 2. The fourth-order valence-electron chi connectivity index (χ4n) is 2.86. The van der Waals surface area contributed by atoms with E-state index in [0.29, 0.717) is 0 Å². The summed E-state index contributed by atoms with van der Waals surface area (Å²) in [5, 5.41) is 18.9. The van der Waals surface area contributed by atoms with Gasteiger partial charge in [0.2, 0.25) is 0 Å². The zero-order chi connectivity index (χ0) is 16.5. The summed E-state index contributed by atoms with van der Waals surface area (Å²) in [6, 6.07) is 20.8. The molecule has 0 bridgehead atoms. The summed E-state index contributed by atoms with van der Waals surface area (Å²) < 4.78 is 0. The molecule has 4 aromatic rings. The zero-order valence-electron chi connectivity index (χ0n) is 12.6. The number of nitro benzene ring substituents is 1. The molecule has 116 valence electrons. The number of hydrogen-bond donors (Lipinski definition) is 1. The van der Waals surface area contributed by atoms with E-state index in [1.54, 1.807) is 18.3 Å². The highest BCUT2D eigenvalue weighted by atomic mass is 16.6. The summed E-state index contributed by atoms with van der Waals surface area (Å²) >= 11 is 0. The van der Waals surface area contributed by atoms with Crippen molar-refractivity contribution in [1.82, 2.24) is 10.2 Å². The second-order valence-corrected chi connectivity index (χ2v) is 5.52. The van der Waals surface area contributed by atoms with Crippen LogP contribution in [0.3, 0.4) is 0 Å². The molecule has 1 aromatic heterocycles. The van der Waals surface area contributed by atoms with Gasteiger partial charge in [-0.15, -0.1) is 0 Å². The summed E-state index contributed by atoms with van der Waals surface area (Å²) in [6.45, 7) is 0. The van der Waals surface area contributed by atoms with Gasteiger partial charge in [0.25, 0.3) is 5.69 Å². The topological polar surface area (TPSA) is 71.8 Å². The molecule has 0 spiro atoms. The monoisotopic (exact) mass is 315 g/mol. The number of H-pyrrole nitrogens is 1. The summed E-state index contributed by atoms with van der Waals surface area (Å²) in [6.07, 6.45) is 1.80. The molecule has 1 heterocycles. The van der Waals surface area contributed by atoms with Crippen LogP contribution in [0.2, 0.25) is 0 Å². The van der Waals surface area contributed by atoms with Crippen LogP contribution in [0.1, 0.15) is 0 Å². The van der Waals surface area contributed by atoms with Crippen LogP contribution in [0.25, 0.3) is 33.2 Å². The van der Waals surface area contributed by atoms with Crippen molar-refractivity contribution in [2.45, 2.75) is 0 Å². The Labute approximate surface area is 137 Å². The van der Waals surface area contributed by atoms with E-state index in [1.165, 1.54) is 12.1 Å². The molecule has 24 heavy (non-hydrogen) atoms. The lowest BCUT2D eigenvalue weighted by molar-refractivity contribution is -0.384. The minimum atomic E-state index is -0.386. The summed E-state index contributed by atoms with van der Waals surface area (Å²) in [4.78, 5) is 10.4. The normalized spacial score (nSPS) is 10.8. The van der Waals surface area contributed by atoms with Gasteiger partial charge in [0.05, 0.1) is 16.6 Å². The lowest BCUT2D eigenvalue weighted by atomic mass is 9.94. The summed E-state index contributed by atoms with van der Waals surface area (Å²) in [5.41, 5.74) is 5.23. The lowest BCUT2D eigenvalue weighted by Crippen LogP contribution is -1.88. The number of aromatic amines is 1. The van der Waals surface area contributed by atoms with Crippen LogP contribution in [-0.2, 0) is 0 Å². The fourth-order valence-corrected chi connectivity index (χ4v) is 2.86. The number of benzene rings is 3. The molecule has 0 saturated heterocycles. The van der Waals surface area contributed by atoms with Crippen molar-refractivity contribution >= 4 is 16.6 Å². The number of nitro groups is 1. The van der Waals surface area contributed by atoms with Gasteiger partial charge in [-0.1, -0.05) is 30.3 Å². The molecule has 0 amide bonds. The number of fused-ring (bicyclic) bond motifs is 1. The molecule has 0 radical (unpaired) electrons. The van der Waals surface area contributed by atoms with Gasteiger partial charge in [-0.2, -0.15) is 5.10 Å². The van der Waals surface area contributed by atoms with Gasteiger partial charge < -0.3 is 0 Å². The first kappa shape index (κ1) is 14.1. The van der Waals surface area contributed by atoms with Crippen molar-refractivity contribution in [2.24, 2.45) is 0 Å². The van der Waals surface area contributed by atoms with Crippen molar-refractivity contribution in [3.8, 4) is 22.3 Å². The molecule has 5 heteroatoms. The van der Waals surface area contributed by atoms with Crippen LogP contribution in [0.5, 0.6) is 0 Å². The van der Waals surface area contributed by atoms with Gasteiger partial charge >= 0.3 is 0 Å². The predicted octanol–water partition coefficient (Wildman–Crippen LogP) is 4.81. The first-order valence-electron chi connectivity index (χ1n) is 7.50. The van der Waals surface area contributed by atoms with Crippen molar-refractivity contribution in [3.05, 3.63) is 83.0 Å². The molecule has 0 aliphatic rings. The van der Waals surface area contributed by atoms with Crippen LogP contribution >= 0.6 is 0 Å². The highest BCUT2D eigenvalue weighted by Crippen LogP contribution is 2.33. The van der Waals surface area contributed by atoms with E-state index >= 15 is 0 Å². The SMILES string of the molecule is O=[N+]([O-])c1ccc(-c2ccccc2-c2ccc3[nH]ncc3c2)cc1. The first-order valence-corrected chi connectivity index (χ1v) is 7.50. The number of hydrogen-bond acceptors (Lipinski definition) is 3. The minimum Gasteiger partial charge on any atom is -0.278 e. The van der Waals surface area contributed by atoms with Crippen molar-refractivity contribution in [1.29, 1.82) is 0 Å². The van der Waals surface area contributed by atoms with Crippen LogP contribution in [0.15, 0.2) is 72.9 Å². The third-order valence-corrected chi connectivity index (χ3v) is 4.07. The average molecular weight is 315 g/mol. The molecule has 1 N–H and O–H groups in total. The van der Waals surface area contributed by atoms with E-state index in [4.69, 9.17) is 0 Å². The summed E-state index contributed by atoms with van der Waals surface area (Å²) in [7, 11) is 0. The third kappa shape index (κ3) is 2.42. The molecule has 0 aliphatic heterocycles. The lowest BCUT2D eigenvalue weighted by Gasteiger charge is -2.10. The fraction of sp³-hybridized carbons (Fsp3) is 0. The standard InChI is InChI=1S/C19H13N3O2/c23-22(24)16-8-5-13(6-9-16)17-3-1-2-4-18(17)14-7-10-19-15(11-14)12-20-21-19/h1-12H,(H,20,21). The van der Waals surface area contributed by atoms with Gasteiger partial charge in [0.15, 0.2) is 0 Å². The third-order valence-electron chi connectivity index (χ3n) is 4.07. The number of nitrogens with one attached hydrogen (secondary N) is 1. The maximum atomic E-state index is 10.8. The number of rotatable bonds is 3. The molecular formula is C19H13N3O2. The van der Waals surface area contributed by atoms with Gasteiger partial charge in [-0.05, 0) is 46.5 Å². The Morgan fingerprint density at radius 3 is 2.25 bits per heavy atom. The predicted molar refractivity (Wildman–Crippen MR) is 93.6 cm³/mol. The maximum absolute atomic E-state index is 10.8. The van der Waals surface area contributed by atoms with Crippen LogP contribution in [0.4, 0.5) is 5.69 Å². The Morgan fingerprint density at radius 1 is 0.875 bits per heavy atom. The minimum absolute atomic E-state index is 0.0936.